The fourth-order valence-corrected chi connectivity index (χ4v) is 2.04. The standard InChI is InChI=1S/C11H14N2O3S/c1-12-10(14)3-2-6-17-8-4-5-13-9(7-8)11(15)16/h4-5,7H,2-3,6H2,1H3,(H,12,14)(H,15,16). The highest BCUT2D eigenvalue weighted by molar-refractivity contribution is 7.99. The normalized spacial score (nSPS) is 9.94. The van der Waals surface area contributed by atoms with Crippen molar-refractivity contribution in [3.63, 3.8) is 0 Å². The van der Waals surface area contributed by atoms with E-state index >= 15 is 0 Å². The van der Waals surface area contributed by atoms with E-state index in [1.807, 2.05) is 0 Å². The van der Waals surface area contributed by atoms with Gasteiger partial charge in [-0.25, -0.2) is 9.78 Å². The number of carbonyl (C=O) groups excluding carboxylic acids is 1. The molecule has 92 valence electrons. The molecule has 1 aromatic heterocycles. The number of hydrogen-bond acceptors (Lipinski definition) is 4. The highest BCUT2D eigenvalue weighted by Crippen LogP contribution is 2.19. The van der Waals surface area contributed by atoms with Crippen LogP contribution in [0.3, 0.4) is 0 Å². The summed E-state index contributed by atoms with van der Waals surface area (Å²) in [6.45, 7) is 0. The number of amides is 1. The minimum Gasteiger partial charge on any atom is -0.477 e. The van der Waals surface area contributed by atoms with Crippen LogP contribution in [0.4, 0.5) is 0 Å². The van der Waals surface area contributed by atoms with Crippen molar-refractivity contribution in [2.45, 2.75) is 17.7 Å². The molecule has 0 saturated carbocycles. The molecule has 6 heteroatoms. The monoisotopic (exact) mass is 254 g/mol. The van der Waals surface area contributed by atoms with E-state index in [1.54, 1.807) is 13.1 Å². The number of hydrogen-bond donors (Lipinski definition) is 2. The Morgan fingerprint density at radius 1 is 1.53 bits per heavy atom. The molecule has 0 aliphatic rings. The van der Waals surface area contributed by atoms with Crippen LogP contribution >= 0.6 is 11.8 Å². The Hall–Kier alpha value is -1.56. The Kier molecular flexibility index (Phi) is 5.48. The molecule has 0 aromatic carbocycles. The van der Waals surface area contributed by atoms with E-state index in [1.165, 1.54) is 24.0 Å². The number of carboxylic acids is 1. The molecular formula is C11H14N2O3S. The van der Waals surface area contributed by atoms with Crippen LogP contribution in [0, 0.1) is 0 Å². The van der Waals surface area contributed by atoms with Gasteiger partial charge in [-0.05, 0) is 24.3 Å². The largest absolute Gasteiger partial charge is 0.477 e. The van der Waals surface area contributed by atoms with Gasteiger partial charge in [-0.15, -0.1) is 11.8 Å². The number of aromatic carboxylic acids is 1. The SMILES string of the molecule is CNC(=O)CCCSc1ccnc(C(=O)O)c1. The minimum atomic E-state index is -1.03. The summed E-state index contributed by atoms with van der Waals surface area (Å²) in [5, 5.41) is 11.3. The van der Waals surface area contributed by atoms with Crippen LogP contribution in [-0.2, 0) is 4.79 Å². The van der Waals surface area contributed by atoms with Crippen molar-refractivity contribution in [1.29, 1.82) is 0 Å². The number of nitrogens with zero attached hydrogens (tertiary/aromatic N) is 1. The topological polar surface area (TPSA) is 79.3 Å². The highest BCUT2D eigenvalue weighted by Gasteiger charge is 2.05. The summed E-state index contributed by atoms with van der Waals surface area (Å²) in [6, 6.07) is 3.30. The molecule has 0 aliphatic carbocycles. The summed E-state index contributed by atoms with van der Waals surface area (Å²) in [5.74, 6) is -0.236. The van der Waals surface area contributed by atoms with Crippen molar-refractivity contribution < 1.29 is 14.7 Å². The maximum atomic E-state index is 11.0. The first-order valence-electron chi connectivity index (χ1n) is 5.16. The molecule has 0 atom stereocenters. The Balaban J connectivity index is 2.39. The second-order valence-corrected chi connectivity index (χ2v) is 4.48. The molecule has 1 aromatic rings. The summed E-state index contributed by atoms with van der Waals surface area (Å²) in [5.41, 5.74) is 0.0429. The summed E-state index contributed by atoms with van der Waals surface area (Å²) < 4.78 is 0. The van der Waals surface area contributed by atoms with Gasteiger partial charge >= 0.3 is 5.97 Å². The average Bonchev–Trinajstić information content (AvgIpc) is 2.34. The van der Waals surface area contributed by atoms with Crippen molar-refractivity contribution in [3.8, 4) is 0 Å². The van der Waals surface area contributed by atoms with Gasteiger partial charge in [0.2, 0.25) is 5.91 Å². The molecule has 0 saturated heterocycles. The maximum absolute atomic E-state index is 11.0. The third-order valence-corrected chi connectivity index (χ3v) is 3.13. The predicted molar refractivity (Wildman–Crippen MR) is 65.2 cm³/mol. The van der Waals surface area contributed by atoms with Gasteiger partial charge in [-0.3, -0.25) is 4.79 Å². The second kappa shape index (κ2) is 6.90. The van der Waals surface area contributed by atoms with E-state index < -0.39 is 5.97 Å². The molecule has 0 spiro atoms. The molecule has 0 bridgehead atoms. The lowest BCUT2D eigenvalue weighted by atomic mass is 10.3. The van der Waals surface area contributed by atoms with Gasteiger partial charge in [-0.1, -0.05) is 0 Å². The van der Waals surface area contributed by atoms with E-state index in [9.17, 15) is 9.59 Å². The molecule has 0 unspecified atom stereocenters. The van der Waals surface area contributed by atoms with Gasteiger partial charge in [0.15, 0.2) is 0 Å². The zero-order valence-electron chi connectivity index (χ0n) is 9.47. The first kappa shape index (κ1) is 13.5. The third kappa shape index (κ3) is 4.86. The van der Waals surface area contributed by atoms with Crippen molar-refractivity contribution >= 4 is 23.6 Å². The number of thioether (sulfide) groups is 1. The smallest absolute Gasteiger partial charge is 0.354 e. The minimum absolute atomic E-state index is 0.0200. The first-order chi connectivity index (χ1) is 8.13. The molecule has 1 rings (SSSR count). The third-order valence-electron chi connectivity index (χ3n) is 2.05. The fourth-order valence-electron chi connectivity index (χ4n) is 1.17. The lowest BCUT2D eigenvalue weighted by Crippen LogP contribution is -2.17. The van der Waals surface area contributed by atoms with Gasteiger partial charge in [-0.2, -0.15) is 0 Å². The number of carboxylic acid groups (broad SMARTS) is 1. The fraction of sp³-hybridized carbons (Fsp3) is 0.364. The molecule has 17 heavy (non-hydrogen) atoms. The molecule has 1 heterocycles. The van der Waals surface area contributed by atoms with E-state index in [4.69, 9.17) is 5.11 Å². The first-order valence-corrected chi connectivity index (χ1v) is 6.14. The average molecular weight is 254 g/mol. The maximum Gasteiger partial charge on any atom is 0.354 e. The number of rotatable bonds is 6. The highest BCUT2D eigenvalue weighted by atomic mass is 32.2. The zero-order chi connectivity index (χ0) is 12.7. The lowest BCUT2D eigenvalue weighted by Gasteiger charge is -2.02. The second-order valence-electron chi connectivity index (χ2n) is 3.31. The lowest BCUT2D eigenvalue weighted by molar-refractivity contribution is -0.120. The van der Waals surface area contributed by atoms with Crippen LogP contribution < -0.4 is 5.32 Å². The summed E-state index contributed by atoms with van der Waals surface area (Å²) in [7, 11) is 1.61. The van der Waals surface area contributed by atoms with Gasteiger partial charge < -0.3 is 10.4 Å². The molecule has 0 fully saturated rings. The Morgan fingerprint density at radius 3 is 2.94 bits per heavy atom. The van der Waals surface area contributed by atoms with Crippen LogP contribution in [-0.4, -0.2) is 34.8 Å². The Labute approximate surface area is 104 Å². The van der Waals surface area contributed by atoms with Crippen LogP contribution in [0.25, 0.3) is 0 Å². The molecule has 1 amide bonds. The van der Waals surface area contributed by atoms with E-state index in [0.29, 0.717) is 6.42 Å². The Bertz CT molecular complexity index is 409. The molecule has 5 nitrogen and oxygen atoms in total. The molecule has 2 N–H and O–H groups in total. The van der Waals surface area contributed by atoms with Crippen molar-refractivity contribution in [3.05, 3.63) is 24.0 Å². The zero-order valence-corrected chi connectivity index (χ0v) is 10.3. The molecule has 0 radical (unpaired) electrons. The van der Waals surface area contributed by atoms with Gasteiger partial charge in [0.25, 0.3) is 0 Å². The summed E-state index contributed by atoms with van der Waals surface area (Å²) >= 11 is 1.52. The van der Waals surface area contributed by atoms with Crippen LogP contribution in [0.5, 0.6) is 0 Å². The van der Waals surface area contributed by atoms with Gasteiger partial charge in [0.1, 0.15) is 5.69 Å². The molecular weight excluding hydrogens is 240 g/mol. The van der Waals surface area contributed by atoms with Crippen molar-refractivity contribution in [1.82, 2.24) is 10.3 Å². The van der Waals surface area contributed by atoms with Gasteiger partial charge in [0.05, 0.1) is 0 Å². The van der Waals surface area contributed by atoms with Crippen LogP contribution in [0.1, 0.15) is 23.3 Å². The number of nitrogens with one attached hydrogen (secondary N) is 1. The number of carbonyl (C=O) groups is 2. The number of aromatic nitrogens is 1. The van der Waals surface area contributed by atoms with E-state index in [2.05, 4.69) is 10.3 Å². The molecule has 0 aliphatic heterocycles. The van der Waals surface area contributed by atoms with E-state index in [-0.39, 0.29) is 11.6 Å². The predicted octanol–water partition coefficient (Wildman–Crippen LogP) is 1.40. The van der Waals surface area contributed by atoms with Crippen LogP contribution in [0.15, 0.2) is 23.2 Å². The van der Waals surface area contributed by atoms with Crippen molar-refractivity contribution in [2.75, 3.05) is 12.8 Å². The quantitative estimate of drug-likeness (QED) is 0.592. The Morgan fingerprint density at radius 2 is 2.29 bits per heavy atom. The van der Waals surface area contributed by atoms with Gasteiger partial charge in [0, 0.05) is 24.6 Å². The van der Waals surface area contributed by atoms with E-state index in [0.717, 1.165) is 17.1 Å². The van der Waals surface area contributed by atoms with Crippen LogP contribution in [0.2, 0.25) is 0 Å². The van der Waals surface area contributed by atoms with Crippen molar-refractivity contribution in [2.24, 2.45) is 0 Å². The summed E-state index contributed by atoms with van der Waals surface area (Å²) in [4.78, 5) is 26.2. The number of pyridine rings is 1. The summed E-state index contributed by atoms with van der Waals surface area (Å²) in [6.07, 6.45) is 2.72.